The van der Waals surface area contributed by atoms with Crippen LogP contribution in [0.25, 0.3) is 0 Å². The van der Waals surface area contributed by atoms with Crippen LogP contribution in [0.5, 0.6) is 0 Å². The number of nitrogens with one attached hydrogen (secondary N) is 1. The highest BCUT2D eigenvalue weighted by molar-refractivity contribution is 7.09. The SMILES string of the molecule is Cc1csc(CCNC(=O)C[C@@H](CN)CC(C)C)n1. The van der Waals surface area contributed by atoms with E-state index in [1.807, 2.05) is 12.3 Å². The average molecular weight is 283 g/mol. The number of nitrogens with zero attached hydrogens (tertiary/aromatic N) is 1. The molecule has 0 unspecified atom stereocenters. The van der Waals surface area contributed by atoms with Gasteiger partial charge < -0.3 is 11.1 Å². The fourth-order valence-electron chi connectivity index (χ4n) is 2.09. The molecule has 1 rings (SSSR count). The highest BCUT2D eigenvalue weighted by atomic mass is 32.1. The van der Waals surface area contributed by atoms with Crippen LogP contribution in [-0.2, 0) is 11.2 Å². The van der Waals surface area contributed by atoms with E-state index in [0.29, 0.717) is 31.3 Å². The van der Waals surface area contributed by atoms with Crippen LogP contribution >= 0.6 is 11.3 Å². The largest absolute Gasteiger partial charge is 0.356 e. The van der Waals surface area contributed by atoms with Gasteiger partial charge in [-0.15, -0.1) is 11.3 Å². The lowest BCUT2D eigenvalue weighted by atomic mass is 9.94. The molecule has 1 atom stereocenters. The molecule has 4 nitrogen and oxygen atoms in total. The third-order valence-electron chi connectivity index (χ3n) is 2.94. The number of rotatable bonds is 8. The monoisotopic (exact) mass is 283 g/mol. The molecule has 0 radical (unpaired) electrons. The number of amides is 1. The minimum absolute atomic E-state index is 0.101. The summed E-state index contributed by atoms with van der Waals surface area (Å²) in [5, 5.41) is 6.06. The predicted octanol–water partition coefficient (Wildman–Crippen LogP) is 2.12. The van der Waals surface area contributed by atoms with Gasteiger partial charge in [0.05, 0.1) is 5.01 Å². The summed E-state index contributed by atoms with van der Waals surface area (Å²) in [4.78, 5) is 16.2. The van der Waals surface area contributed by atoms with Gasteiger partial charge >= 0.3 is 0 Å². The Morgan fingerprint density at radius 1 is 1.53 bits per heavy atom. The molecule has 3 N–H and O–H groups in total. The van der Waals surface area contributed by atoms with Crippen molar-refractivity contribution in [3.8, 4) is 0 Å². The van der Waals surface area contributed by atoms with Gasteiger partial charge in [0.25, 0.3) is 0 Å². The first-order chi connectivity index (χ1) is 9.01. The van der Waals surface area contributed by atoms with Gasteiger partial charge in [0.1, 0.15) is 0 Å². The highest BCUT2D eigenvalue weighted by Crippen LogP contribution is 2.14. The summed E-state index contributed by atoms with van der Waals surface area (Å²) >= 11 is 1.65. The standard InChI is InChI=1S/C14H25N3OS/c1-10(2)6-12(8-15)7-13(18)16-5-4-14-17-11(3)9-19-14/h9-10,12H,4-8,15H2,1-3H3,(H,16,18)/t12-/m0/s1. The number of hydrogen-bond donors (Lipinski definition) is 2. The number of carbonyl (C=O) groups excluding carboxylic acids is 1. The molecule has 0 spiro atoms. The van der Waals surface area contributed by atoms with E-state index in [9.17, 15) is 4.79 Å². The number of hydrogen-bond acceptors (Lipinski definition) is 4. The first-order valence-electron chi connectivity index (χ1n) is 6.89. The smallest absolute Gasteiger partial charge is 0.220 e. The Kier molecular flexibility index (Phi) is 7.02. The van der Waals surface area contributed by atoms with Crippen LogP contribution in [0.4, 0.5) is 0 Å². The van der Waals surface area contributed by atoms with E-state index in [4.69, 9.17) is 5.73 Å². The first-order valence-corrected chi connectivity index (χ1v) is 7.77. The molecule has 0 bridgehead atoms. The summed E-state index contributed by atoms with van der Waals surface area (Å²) in [6.07, 6.45) is 2.35. The van der Waals surface area contributed by atoms with Gasteiger partial charge in [-0.3, -0.25) is 4.79 Å². The van der Waals surface area contributed by atoms with Crippen LogP contribution in [0, 0.1) is 18.8 Å². The molecule has 1 aromatic rings. The molecule has 19 heavy (non-hydrogen) atoms. The number of thiazole rings is 1. The molecule has 0 aliphatic heterocycles. The van der Waals surface area contributed by atoms with Crippen molar-refractivity contribution in [1.29, 1.82) is 0 Å². The van der Waals surface area contributed by atoms with E-state index in [2.05, 4.69) is 24.1 Å². The van der Waals surface area contributed by atoms with Gasteiger partial charge in [0.2, 0.25) is 5.91 Å². The molecule has 1 aromatic heterocycles. The van der Waals surface area contributed by atoms with Crippen molar-refractivity contribution in [2.75, 3.05) is 13.1 Å². The maximum Gasteiger partial charge on any atom is 0.220 e. The second kappa shape index (κ2) is 8.27. The molecule has 1 amide bonds. The summed E-state index contributed by atoms with van der Waals surface area (Å²) < 4.78 is 0. The number of nitrogens with two attached hydrogens (primary N) is 1. The zero-order valence-corrected chi connectivity index (χ0v) is 12.9. The molecule has 0 aliphatic rings. The fraction of sp³-hybridized carbons (Fsp3) is 0.714. The van der Waals surface area contributed by atoms with Crippen LogP contribution in [0.2, 0.25) is 0 Å². The summed E-state index contributed by atoms with van der Waals surface area (Å²) in [6.45, 7) is 7.54. The molecular formula is C14H25N3OS. The molecular weight excluding hydrogens is 258 g/mol. The fourth-order valence-corrected chi connectivity index (χ4v) is 2.87. The average Bonchev–Trinajstić information content (AvgIpc) is 2.73. The van der Waals surface area contributed by atoms with E-state index in [-0.39, 0.29) is 5.91 Å². The van der Waals surface area contributed by atoms with Gasteiger partial charge in [-0.25, -0.2) is 4.98 Å². The normalized spacial score (nSPS) is 12.7. The number of carbonyl (C=O) groups is 1. The minimum atomic E-state index is 0.101. The lowest BCUT2D eigenvalue weighted by Crippen LogP contribution is -2.30. The predicted molar refractivity (Wildman–Crippen MR) is 80.2 cm³/mol. The first kappa shape index (κ1) is 16.1. The summed E-state index contributed by atoms with van der Waals surface area (Å²) in [7, 11) is 0. The molecule has 5 heteroatoms. The van der Waals surface area contributed by atoms with Gasteiger partial charge in [-0.2, -0.15) is 0 Å². The zero-order chi connectivity index (χ0) is 14.3. The topological polar surface area (TPSA) is 68.0 Å². The van der Waals surface area contributed by atoms with Crippen LogP contribution in [0.1, 0.15) is 37.4 Å². The van der Waals surface area contributed by atoms with Crippen molar-refractivity contribution in [1.82, 2.24) is 10.3 Å². The van der Waals surface area contributed by atoms with Crippen molar-refractivity contribution in [3.05, 3.63) is 16.1 Å². The Bertz CT molecular complexity index is 390. The number of aryl methyl sites for hydroxylation is 1. The van der Waals surface area contributed by atoms with Gasteiger partial charge in [-0.05, 0) is 31.7 Å². The molecule has 0 fully saturated rings. The Morgan fingerprint density at radius 3 is 2.79 bits per heavy atom. The summed E-state index contributed by atoms with van der Waals surface area (Å²) in [5.41, 5.74) is 6.75. The van der Waals surface area contributed by atoms with E-state index >= 15 is 0 Å². The Labute approximate surface area is 119 Å². The second-order valence-corrected chi connectivity index (χ2v) is 6.36. The third-order valence-corrected chi connectivity index (χ3v) is 3.97. The maximum absolute atomic E-state index is 11.8. The maximum atomic E-state index is 11.8. The van der Waals surface area contributed by atoms with Gasteiger partial charge in [0.15, 0.2) is 0 Å². The van der Waals surface area contributed by atoms with Crippen molar-refractivity contribution in [2.24, 2.45) is 17.6 Å². The lowest BCUT2D eigenvalue weighted by Gasteiger charge is -2.16. The minimum Gasteiger partial charge on any atom is -0.356 e. The summed E-state index contributed by atoms with van der Waals surface area (Å²) in [6, 6.07) is 0. The lowest BCUT2D eigenvalue weighted by molar-refractivity contribution is -0.122. The van der Waals surface area contributed by atoms with Crippen molar-refractivity contribution in [3.63, 3.8) is 0 Å². The van der Waals surface area contributed by atoms with Crippen LogP contribution in [0.3, 0.4) is 0 Å². The quantitative estimate of drug-likeness (QED) is 0.768. The Balaban J connectivity index is 2.23. The molecule has 0 saturated heterocycles. The molecule has 1 heterocycles. The van der Waals surface area contributed by atoms with E-state index in [1.54, 1.807) is 11.3 Å². The highest BCUT2D eigenvalue weighted by Gasteiger charge is 2.13. The van der Waals surface area contributed by atoms with Crippen LogP contribution in [-0.4, -0.2) is 24.0 Å². The van der Waals surface area contributed by atoms with Crippen LogP contribution in [0.15, 0.2) is 5.38 Å². The van der Waals surface area contributed by atoms with Crippen LogP contribution < -0.4 is 11.1 Å². The van der Waals surface area contributed by atoms with Gasteiger partial charge in [0, 0.05) is 30.5 Å². The third kappa shape index (κ3) is 6.68. The molecule has 108 valence electrons. The van der Waals surface area contributed by atoms with Gasteiger partial charge in [-0.1, -0.05) is 13.8 Å². The molecule has 0 saturated carbocycles. The van der Waals surface area contributed by atoms with E-state index in [0.717, 1.165) is 23.5 Å². The van der Waals surface area contributed by atoms with E-state index in [1.165, 1.54) is 0 Å². The Morgan fingerprint density at radius 2 is 2.26 bits per heavy atom. The van der Waals surface area contributed by atoms with Crippen molar-refractivity contribution >= 4 is 17.2 Å². The van der Waals surface area contributed by atoms with Crippen molar-refractivity contribution in [2.45, 2.75) is 40.0 Å². The zero-order valence-electron chi connectivity index (χ0n) is 12.1. The molecule has 0 aromatic carbocycles. The number of aromatic nitrogens is 1. The Hall–Kier alpha value is -0.940. The second-order valence-electron chi connectivity index (χ2n) is 5.42. The molecule has 0 aliphatic carbocycles. The van der Waals surface area contributed by atoms with E-state index < -0.39 is 0 Å². The van der Waals surface area contributed by atoms with Crippen molar-refractivity contribution < 1.29 is 4.79 Å². The summed E-state index contributed by atoms with van der Waals surface area (Å²) in [5.74, 6) is 0.978.